The van der Waals surface area contributed by atoms with Gasteiger partial charge in [-0.1, -0.05) is 6.07 Å². The Labute approximate surface area is 111 Å². The first-order valence-corrected chi connectivity index (χ1v) is 6.30. The number of nitrogens with zero attached hydrogens (tertiary/aromatic N) is 1. The number of amides is 3. The smallest absolute Gasteiger partial charge is 0.322 e. The van der Waals surface area contributed by atoms with Gasteiger partial charge in [0, 0.05) is 17.9 Å². The van der Waals surface area contributed by atoms with E-state index in [1.807, 2.05) is 0 Å². The zero-order valence-corrected chi connectivity index (χ0v) is 10.6. The van der Waals surface area contributed by atoms with E-state index >= 15 is 0 Å². The molecule has 1 heterocycles. The molecule has 1 saturated heterocycles. The first-order chi connectivity index (χ1) is 9.08. The fourth-order valence-electron chi connectivity index (χ4n) is 2.28. The van der Waals surface area contributed by atoms with Gasteiger partial charge in [0.05, 0.1) is 0 Å². The number of benzene rings is 1. The molecule has 3 amide bonds. The molecule has 1 fully saturated rings. The van der Waals surface area contributed by atoms with Crippen molar-refractivity contribution in [3.05, 3.63) is 24.3 Å². The van der Waals surface area contributed by atoms with Crippen LogP contribution in [-0.4, -0.2) is 29.4 Å². The Hall–Kier alpha value is -2.24. The number of rotatable bonds is 2. The number of hydrogen-bond donors (Lipinski definition) is 3. The van der Waals surface area contributed by atoms with Crippen LogP contribution in [0.3, 0.4) is 0 Å². The van der Waals surface area contributed by atoms with Crippen molar-refractivity contribution in [1.29, 1.82) is 0 Å². The van der Waals surface area contributed by atoms with E-state index in [-0.39, 0.29) is 6.03 Å². The van der Waals surface area contributed by atoms with Crippen LogP contribution >= 0.6 is 0 Å². The van der Waals surface area contributed by atoms with Gasteiger partial charge in [-0.3, -0.25) is 4.79 Å². The second-order valence-electron chi connectivity index (χ2n) is 4.66. The van der Waals surface area contributed by atoms with Gasteiger partial charge >= 0.3 is 6.03 Å². The van der Waals surface area contributed by atoms with Crippen molar-refractivity contribution in [3.63, 3.8) is 0 Å². The first-order valence-electron chi connectivity index (χ1n) is 6.30. The van der Waals surface area contributed by atoms with Gasteiger partial charge < -0.3 is 21.7 Å². The molecule has 102 valence electrons. The van der Waals surface area contributed by atoms with E-state index < -0.39 is 11.9 Å². The summed E-state index contributed by atoms with van der Waals surface area (Å²) < 4.78 is 0. The van der Waals surface area contributed by atoms with Crippen molar-refractivity contribution in [2.24, 2.45) is 5.73 Å². The first kappa shape index (κ1) is 13.2. The molecule has 1 unspecified atom stereocenters. The molecule has 0 saturated carbocycles. The number of nitrogen functional groups attached to an aromatic ring is 1. The van der Waals surface area contributed by atoms with Gasteiger partial charge in [-0.25, -0.2) is 4.79 Å². The fourth-order valence-corrected chi connectivity index (χ4v) is 2.28. The summed E-state index contributed by atoms with van der Waals surface area (Å²) in [6.45, 7) is 0.543. The van der Waals surface area contributed by atoms with Gasteiger partial charge in [-0.2, -0.15) is 0 Å². The zero-order chi connectivity index (χ0) is 13.8. The van der Waals surface area contributed by atoms with Crippen molar-refractivity contribution in [3.8, 4) is 0 Å². The Kier molecular flexibility index (Phi) is 3.89. The van der Waals surface area contributed by atoms with Gasteiger partial charge in [-0.15, -0.1) is 0 Å². The lowest BCUT2D eigenvalue weighted by atomic mass is 10.0. The summed E-state index contributed by atoms with van der Waals surface area (Å²) in [6.07, 6.45) is 2.42. The highest BCUT2D eigenvalue weighted by molar-refractivity contribution is 5.93. The molecule has 1 aromatic rings. The Morgan fingerprint density at radius 1 is 1.32 bits per heavy atom. The van der Waals surface area contributed by atoms with E-state index in [0.29, 0.717) is 24.3 Å². The average molecular weight is 262 g/mol. The number of anilines is 2. The van der Waals surface area contributed by atoms with Gasteiger partial charge in [-0.05, 0) is 37.5 Å². The lowest BCUT2D eigenvalue weighted by Gasteiger charge is -2.33. The molecule has 6 nitrogen and oxygen atoms in total. The number of primary amides is 1. The average Bonchev–Trinajstić information content (AvgIpc) is 2.38. The van der Waals surface area contributed by atoms with Crippen molar-refractivity contribution < 1.29 is 9.59 Å². The Bertz CT molecular complexity index is 489. The maximum absolute atomic E-state index is 12.2. The van der Waals surface area contributed by atoms with Crippen molar-refractivity contribution >= 4 is 23.3 Å². The van der Waals surface area contributed by atoms with Crippen LogP contribution in [0.25, 0.3) is 0 Å². The molecule has 0 bridgehead atoms. The Morgan fingerprint density at radius 2 is 2.11 bits per heavy atom. The minimum absolute atomic E-state index is 0.311. The number of nitrogens with one attached hydrogen (secondary N) is 1. The summed E-state index contributed by atoms with van der Waals surface area (Å²) >= 11 is 0. The molecule has 2 rings (SSSR count). The molecule has 19 heavy (non-hydrogen) atoms. The van der Waals surface area contributed by atoms with Crippen LogP contribution in [0.4, 0.5) is 16.2 Å². The highest BCUT2D eigenvalue weighted by Gasteiger charge is 2.30. The third kappa shape index (κ3) is 3.15. The summed E-state index contributed by atoms with van der Waals surface area (Å²) in [7, 11) is 0. The topological polar surface area (TPSA) is 101 Å². The Balaban J connectivity index is 2.07. The van der Waals surface area contributed by atoms with E-state index in [4.69, 9.17) is 11.5 Å². The van der Waals surface area contributed by atoms with Crippen LogP contribution in [-0.2, 0) is 4.79 Å². The second-order valence-corrected chi connectivity index (χ2v) is 4.66. The number of likely N-dealkylation sites (tertiary alicyclic amines) is 1. The van der Waals surface area contributed by atoms with E-state index in [2.05, 4.69) is 5.32 Å². The fraction of sp³-hybridized carbons (Fsp3) is 0.385. The normalized spacial score (nSPS) is 18.9. The number of piperidine rings is 1. The second kappa shape index (κ2) is 5.60. The summed E-state index contributed by atoms with van der Waals surface area (Å²) in [5.41, 5.74) is 12.2. The molecule has 0 aromatic heterocycles. The zero-order valence-electron chi connectivity index (χ0n) is 10.6. The summed E-state index contributed by atoms with van der Waals surface area (Å²) in [5.74, 6) is -0.456. The van der Waals surface area contributed by atoms with E-state index in [9.17, 15) is 9.59 Å². The number of carbonyl (C=O) groups excluding carboxylic acids is 2. The van der Waals surface area contributed by atoms with Crippen LogP contribution in [0.5, 0.6) is 0 Å². The summed E-state index contributed by atoms with van der Waals surface area (Å²) in [4.78, 5) is 25.0. The minimum atomic E-state index is -0.519. The van der Waals surface area contributed by atoms with Crippen LogP contribution in [0.2, 0.25) is 0 Å². The maximum Gasteiger partial charge on any atom is 0.322 e. The number of carbonyl (C=O) groups is 2. The number of nitrogens with two attached hydrogens (primary N) is 2. The quantitative estimate of drug-likeness (QED) is 0.696. The lowest BCUT2D eigenvalue weighted by molar-refractivity contribution is -0.123. The third-order valence-electron chi connectivity index (χ3n) is 3.23. The Morgan fingerprint density at radius 3 is 2.79 bits per heavy atom. The predicted molar refractivity (Wildman–Crippen MR) is 73.4 cm³/mol. The summed E-state index contributed by atoms with van der Waals surface area (Å²) in [5, 5.41) is 2.74. The largest absolute Gasteiger partial charge is 0.399 e. The van der Waals surface area contributed by atoms with Crippen molar-refractivity contribution in [2.75, 3.05) is 17.6 Å². The number of urea groups is 1. The maximum atomic E-state index is 12.2. The standard InChI is InChI=1S/C13H18N4O2/c14-9-4-3-5-10(8-9)16-13(19)17-7-2-1-6-11(17)12(15)18/h3-5,8,11H,1-2,6-7,14H2,(H2,15,18)(H,16,19). The van der Waals surface area contributed by atoms with E-state index in [0.717, 1.165) is 12.8 Å². The molecule has 0 radical (unpaired) electrons. The monoisotopic (exact) mass is 262 g/mol. The molecule has 0 spiro atoms. The molecular formula is C13H18N4O2. The third-order valence-corrected chi connectivity index (χ3v) is 3.23. The van der Waals surface area contributed by atoms with Gasteiger partial charge in [0.1, 0.15) is 6.04 Å². The predicted octanol–water partition coefficient (Wildman–Crippen LogP) is 1.14. The van der Waals surface area contributed by atoms with Gasteiger partial charge in [0.25, 0.3) is 0 Å². The van der Waals surface area contributed by atoms with Gasteiger partial charge in [0.2, 0.25) is 5.91 Å². The molecule has 1 aliphatic rings. The molecule has 1 aromatic carbocycles. The molecule has 1 atom stereocenters. The van der Waals surface area contributed by atoms with Crippen LogP contribution in [0.15, 0.2) is 24.3 Å². The van der Waals surface area contributed by atoms with Gasteiger partial charge in [0.15, 0.2) is 0 Å². The highest BCUT2D eigenvalue weighted by Crippen LogP contribution is 2.19. The SMILES string of the molecule is NC(=O)C1CCCCN1C(=O)Nc1cccc(N)c1. The molecule has 0 aliphatic carbocycles. The summed E-state index contributed by atoms with van der Waals surface area (Å²) in [6, 6.07) is 6.08. The molecule has 1 aliphatic heterocycles. The van der Waals surface area contributed by atoms with Crippen molar-refractivity contribution in [1.82, 2.24) is 4.90 Å². The van der Waals surface area contributed by atoms with Crippen LogP contribution < -0.4 is 16.8 Å². The van der Waals surface area contributed by atoms with Crippen LogP contribution in [0, 0.1) is 0 Å². The molecular weight excluding hydrogens is 244 g/mol. The lowest BCUT2D eigenvalue weighted by Crippen LogP contribution is -2.51. The number of hydrogen-bond acceptors (Lipinski definition) is 3. The van der Waals surface area contributed by atoms with Crippen LogP contribution in [0.1, 0.15) is 19.3 Å². The molecule has 6 heteroatoms. The molecule has 5 N–H and O–H groups in total. The van der Waals surface area contributed by atoms with E-state index in [1.165, 1.54) is 4.90 Å². The van der Waals surface area contributed by atoms with Crippen molar-refractivity contribution in [2.45, 2.75) is 25.3 Å². The van der Waals surface area contributed by atoms with E-state index in [1.54, 1.807) is 24.3 Å². The minimum Gasteiger partial charge on any atom is -0.399 e. The highest BCUT2D eigenvalue weighted by atomic mass is 16.2.